The number of anilines is 5. The average molecular weight is 553 g/mol. The quantitative estimate of drug-likeness (QED) is 0.344. The first-order valence-electron chi connectivity index (χ1n) is 11.0. The van der Waals surface area contributed by atoms with Crippen molar-refractivity contribution in [3.63, 3.8) is 0 Å². The van der Waals surface area contributed by atoms with E-state index in [0.29, 0.717) is 23.7 Å². The third kappa shape index (κ3) is 7.63. The van der Waals surface area contributed by atoms with Crippen molar-refractivity contribution in [2.45, 2.75) is 23.9 Å². The fourth-order valence-electron chi connectivity index (χ4n) is 3.29. The van der Waals surface area contributed by atoms with Crippen molar-refractivity contribution in [2.24, 2.45) is 0 Å². The minimum absolute atomic E-state index is 0.152. The van der Waals surface area contributed by atoms with Gasteiger partial charge in [-0.2, -0.15) is 13.2 Å². The number of carboxylic acid groups (broad SMARTS) is 1. The third-order valence-electron chi connectivity index (χ3n) is 5.12. The van der Waals surface area contributed by atoms with Crippen molar-refractivity contribution in [1.82, 2.24) is 14.7 Å². The van der Waals surface area contributed by atoms with Crippen LogP contribution in [-0.4, -0.2) is 55.1 Å². The van der Waals surface area contributed by atoms with Gasteiger partial charge in [0.05, 0.1) is 4.90 Å². The van der Waals surface area contributed by atoms with Crippen LogP contribution in [0, 0.1) is 0 Å². The zero-order valence-corrected chi connectivity index (χ0v) is 20.7. The van der Waals surface area contributed by atoms with Gasteiger partial charge in [0.1, 0.15) is 18.0 Å². The van der Waals surface area contributed by atoms with Crippen molar-refractivity contribution in [3.05, 3.63) is 60.9 Å². The lowest BCUT2D eigenvalue weighted by Crippen LogP contribution is -2.23. The molecule has 0 bridgehead atoms. The van der Waals surface area contributed by atoms with Crippen LogP contribution in [-0.2, 0) is 19.6 Å². The van der Waals surface area contributed by atoms with Crippen LogP contribution < -0.4 is 20.3 Å². The molecule has 0 spiro atoms. The van der Waals surface area contributed by atoms with E-state index in [2.05, 4.69) is 25.3 Å². The lowest BCUT2D eigenvalue weighted by molar-refractivity contribution is -0.192. The Morgan fingerprint density at radius 1 is 1.00 bits per heavy atom. The molecule has 1 aromatic heterocycles. The molecule has 0 unspecified atom stereocenters. The number of hydrogen-bond donors (Lipinski definition) is 4. The number of nitrogens with one attached hydrogen (secondary N) is 3. The van der Waals surface area contributed by atoms with Crippen LogP contribution in [0.4, 0.5) is 41.9 Å². The second-order valence-electron chi connectivity index (χ2n) is 7.77. The molecular weight excluding hydrogens is 529 g/mol. The van der Waals surface area contributed by atoms with E-state index < -0.39 is 22.2 Å². The van der Waals surface area contributed by atoms with Crippen molar-refractivity contribution >= 4 is 50.6 Å². The first kappa shape index (κ1) is 28.3. The van der Waals surface area contributed by atoms with Gasteiger partial charge in [-0.1, -0.05) is 6.07 Å². The Morgan fingerprint density at radius 2 is 1.61 bits per heavy atom. The number of rotatable bonds is 7. The van der Waals surface area contributed by atoms with Gasteiger partial charge >= 0.3 is 12.1 Å². The molecule has 4 rings (SSSR count). The number of halogens is 3. The molecule has 1 aliphatic rings. The predicted molar refractivity (Wildman–Crippen MR) is 133 cm³/mol. The van der Waals surface area contributed by atoms with Crippen LogP contribution in [0.3, 0.4) is 0 Å². The number of amides is 1. The summed E-state index contributed by atoms with van der Waals surface area (Å²) in [5.41, 5.74) is 2.29. The molecule has 202 valence electrons. The lowest BCUT2D eigenvalue weighted by atomic mass is 10.2. The number of aromatic nitrogens is 2. The van der Waals surface area contributed by atoms with E-state index in [9.17, 15) is 26.4 Å². The number of hydrogen-bond acceptors (Lipinski definition) is 8. The van der Waals surface area contributed by atoms with E-state index in [1.807, 2.05) is 24.3 Å². The van der Waals surface area contributed by atoms with Crippen molar-refractivity contribution in [2.75, 3.05) is 29.1 Å². The van der Waals surface area contributed by atoms with Gasteiger partial charge in [0, 0.05) is 36.1 Å². The minimum Gasteiger partial charge on any atom is -0.475 e. The Morgan fingerprint density at radius 3 is 2.13 bits per heavy atom. The number of sulfonamides is 1. The maximum absolute atomic E-state index is 12.0. The largest absolute Gasteiger partial charge is 0.490 e. The van der Waals surface area contributed by atoms with Gasteiger partial charge in [-0.05, 0) is 55.9 Å². The summed E-state index contributed by atoms with van der Waals surface area (Å²) in [6, 6.07) is 15.8. The molecule has 1 amide bonds. The Kier molecular flexibility index (Phi) is 8.85. The van der Waals surface area contributed by atoms with E-state index in [1.54, 1.807) is 23.1 Å². The lowest BCUT2D eigenvalue weighted by Gasteiger charge is -2.16. The monoisotopic (exact) mass is 552 g/mol. The van der Waals surface area contributed by atoms with Crippen LogP contribution in [0.15, 0.2) is 65.8 Å². The summed E-state index contributed by atoms with van der Waals surface area (Å²) in [6.07, 6.45) is -2.18. The third-order valence-corrected chi connectivity index (χ3v) is 6.53. The van der Waals surface area contributed by atoms with E-state index >= 15 is 0 Å². The van der Waals surface area contributed by atoms with E-state index in [4.69, 9.17) is 9.90 Å². The fourth-order valence-corrected chi connectivity index (χ4v) is 4.07. The van der Waals surface area contributed by atoms with Crippen molar-refractivity contribution < 1.29 is 36.3 Å². The summed E-state index contributed by atoms with van der Waals surface area (Å²) >= 11 is 0. The Labute approximate surface area is 215 Å². The second-order valence-corrected chi connectivity index (χ2v) is 9.66. The molecule has 38 heavy (non-hydrogen) atoms. The maximum atomic E-state index is 12.0. The summed E-state index contributed by atoms with van der Waals surface area (Å²) in [5, 5.41) is 13.4. The van der Waals surface area contributed by atoms with E-state index in [0.717, 1.165) is 24.3 Å². The highest BCUT2D eigenvalue weighted by atomic mass is 32.2. The van der Waals surface area contributed by atoms with Gasteiger partial charge in [-0.3, -0.25) is 4.79 Å². The summed E-state index contributed by atoms with van der Waals surface area (Å²) in [5.74, 6) is -1.52. The molecule has 0 radical (unpaired) electrons. The average Bonchev–Trinajstić information content (AvgIpc) is 3.30. The molecule has 4 N–H and O–H groups in total. The molecule has 2 heterocycles. The highest BCUT2D eigenvalue weighted by Gasteiger charge is 2.38. The molecule has 1 saturated heterocycles. The van der Waals surface area contributed by atoms with Crippen molar-refractivity contribution in [1.29, 1.82) is 0 Å². The standard InChI is InChI=1S/C21H22N6O3S.C2HF3O2/c1-22-31(29,30)18-5-2-4-16(12-18)26-20-13-19(23-14-24-20)25-15-7-9-17(10-8-15)27-11-3-6-21(27)28;3-2(4,5)1(6)7/h2,4-5,7-10,12-14,22H,3,6,11H2,1H3,(H2,23,24,25,26);(H,6,7). The van der Waals surface area contributed by atoms with Gasteiger partial charge in [-0.25, -0.2) is 27.9 Å². The number of benzene rings is 2. The number of carboxylic acids is 1. The van der Waals surface area contributed by atoms with Crippen LogP contribution in [0.25, 0.3) is 0 Å². The molecule has 1 fully saturated rings. The van der Waals surface area contributed by atoms with Crippen LogP contribution in [0.1, 0.15) is 12.8 Å². The number of carbonyl (C=O) groups excluding carboxylic acids is 1. The number of nitrogens with zero attached hydrogens (tertiary/aromatic N) is 3. The fraction of sp³-hybridized carbons (Fsp3) is 0.217. The zero-order valence-electron chi connectivity index (χ0n) is 19.9. The highest BCUT2D eigenvalue weighted by Crippen LogP contribution is 2.25. The molecule has 11 nitrogen and oxygen atoms in total. The Balaban J connectivity index is 0.000000505. The summed E-state index contributed by atoms with van der Waals surface area (Å²) in [4.78, 5) is 31.1. The van der Waals surface area contributed by atoms with E-state index in [-0.39, 0.29) is 10.8 Å². The number of aliphatic carboxylic acids is 1. The molecule has 2 aromatic carbocycles. The Hall–Kier alpha value is -4.24. The number of carbonyl (C=O) groups is 2. The first-order chi connectivity index (χ1) is 17.9. The zero-order chi connectivity index (χ0) is 27.9. The SMILES string of the molecule is CNS(=O)(=O)c1cccc(Nc2cc(Nc3ccc(N4CCCC4=O)cc3)ncn2)c1.O=C(O)C(F)(F)F. The van der Waals surface area contributed by atoms with Crippen molar-refractivity contribution in [3.8, 4) is 0 Å². The van der Waals surface area contributed by atoms with Crippen LogP contribution in [0.5, 0.6) is 0 Å². The molecule has 0 atom stereocenters. The maximum Gasteiger partial charge on any atom is 0.490 e. The van der Waals surface area contributed by atoms with Gasteiger partial charge < -0.3 is 20.6 Å². The molecule has 3 aromatic rings. The van der Waals surface area contributed by atoms with Gasteiger partial charge in [-0.15, -0.1) is 0 Å². The normalized spacial score (nSPS) is 13.5. The molecule has 15 heteroatoms. The topological polar surface area (TPSA) is 154 Å². The van der Waals surface area contributed by atoms with Gasteiger partial charge in [0.2, 0.25) is 15.9 Å². The minimum atomic E-state index is -5.08. The molecule has 1 aliphatic heterocycles. The smallest absolute Gasteiger partial charge is 0.475 e. The molecule has 0 saturated carbocycles. The predicted octanol–water partition coefficient (Wildman–Crippen LogP) is 3.63. The Bertz CT molecular complexity index is 1400. The van der Waals surface area contributed by atoms with E-state index in [1.165, 1.54) is 25.5 Å². The second kappa shape index (κ2) is 11.9. The van der Waals surface area contributed by atoms with Gasteiger partial charge in [0.15, 0.2) is 0 Å². The van der Waals surface area contributed by atoms with Crippen LogP contribution in [0.2, 0.25) is 0 Å². The summed E-state index contributed by atoms with van der Waals surface area (Å²) in [6.45, 7) is 0.753. The summed E-state index contributed by atoms with van der Waals surface area (Å²) in [7, 11) is -2.17. The van der Waals surface area contributed by atoms with Gasteiger partial charge in [0.25, 0.3) is 0 Å². The first-order valence-corrected chi connectivity index (χ1v) is 12.5. The summed E-state index contributed by atoms with van der Waals surface area (Å²) < 4.78 is 58.0. The number of alkyl halides is 3. The van der Waals surface area contributed by atoms with Crippen LogP contribution >= 0.6 is 0 Å². The highest BCUT2D eigenvalue weighted by molar-refractivity contribution is 7.89. The molecule has 0 aliphatic carbocycles. The molecular formula is C23H23F3N6O5S.